The molecule has 0 amide bonds. The van der Waals surface area contributed by atoms with Crippen LogP contribution in [0.3, 0.4) is 0 Å². The number of ether oxygens (including phenoxy) is 1. The fourth-order valence-electron chi connectivity index (χ4n) is 1.27. The van der Waals surface area contributed by atoms with Gasteiger partial charge in [-0.1, -0.05) is 35.3 Å². The normalized spacial score (nSPS) is 10.1. The van der Waals surface area contributed by atoms with Gasteiger partial charge >= 0.3 is 5.97 Å². The molecule has 88 valence electrons. The Morgan fingerprint density at radius 1 is 1.50 bits per heavy atom. The van der Waals surface area contributed by atoms with Crippen molar-refractivity contribution in [1.29, 1.82) is 0 Å². The quantitative estimate of drug-likeness (QED) is 0.644. The van der Waals surface area contributed by atoms with Crippen LogP contribution < -0.4 is 4.74 Å². The number of hydrogen-bond acceptors (Lipinski definition) is 2. The average molecular weight is 287 g/mol. The molecule has 1 rings (SSSR count). The Balaban J connectivity index is 2.87. The summed E-state index contributed by atoms with van der Waals surface area (Å²) < 4.78 is 5.48. The van der Waals surface area contributed by atoms with Crippen molar-refractivity contribution >= 4 is 21.9 Å². The van der Waals surface area contributed by atoms with Crippen LogP contribution in [0.4, 0.5) is 0 Å². The minimum atomic E-state index is -0.951. The van der Waals surface area contributed by atoms with E-state index in [-0.39, 0.29) is 5.56 Å². The minimum Gasteiger partial charge on any atom is -0.493 e. The zero-order valence-corrected chi connectivity index (χ0v) is 10.8. The maximum Gasteiger partial charge on any atom is 0.339 e. The number of rotatable bonds is 6. The van der Waals surface area contributed by atoms with E-state index >= 15 is 0 Å². The summed E-state index contributed by atoms with van der Waals surface area (Å²) in [5, 5.41) is 9.69. The van der Waals surface area contributed by atoms with Gasteiger partial charge in [-0.25, -0.2) is 4.79 Å². The van der Waals surface area contributed by atoms with Crippen LogP contribution in [-0.4, -0.2) is 17.7 Å². The third-order valence-electron chi connectivity index (χ3n) is 2.19. The van der Waals surface area contributed by atoms with E-state index in [0.29, 0.717) is 17.7 Å². The van der Waals surface area contributed by atoms with Crippen LogP contribution in [-0.2, 0) is 5.33 Å². The molecule has 0 saturated heterocycles. The Hall–Kier alpha value is -1.03. The van der Waals surface area contributed by atoms with Gasteiger partial charge < -0.3 is 9.84 Å². The van der Waals surface area contributed by atoms with Crippen LogP contribution in [0.5, 0.6) is 5.75 Å². The number of halogens is 1. The second-order valence-electron chi connectivity index (χ2n) is 3.47. The summed E-state index contributed by atoms with van der Waals surface area (Å²) >= 11 is 3.33. The molecule has 0 saturated carbocycles. The van der Waals surface area contributed by atoms with Crippen molar-refractivity contribution in [2.45, 2.75) is 25.1 Å². The van der Waals surface area contributed by atoms with Crippen LogP contribution in [0, 0.1) is 0 Å². The van der Waals surface area contributed by atoms with Gasteiger partial charge in [0.2, 0.25) is 0 Å². The van der Waals surface area contributed by atoms with Crippen LogP contribution >= 0.6 is 15.9 Å². The van der Waals surface area contributed by atoms with E-state index in [1.807, 2.05) is 0 Å². The second kappa shape index (κ2) is 6.53. The van der Waals surface area contributed by atoms with E-state index in [2.05, 4.69) is 22.9 Å². The van der Waals surface area contributed by atoms with Crippen molar-refractivity contribution in [2.75, 3.05) is 6.61 Å². The van der Waals surface area contributed by atoms with E-state index in [4.69, 9.17) is 9.84 Å². The van der Waals surface area contributed by atoms with Gasteiger partial charge in [-0.2, -0.15) is 0 Å². The van der Waals surface area contributed by atoms with Crippen molar-refractivity contribution in [3.8, 4) is 5.75 Å². The zero-order chi connectivity index (χ0) is 12.0. The number of carbonyl (C=O) groups is 1. The molecule has 0 aliphatic carbocycles. The molecule has 0 spiro atoms. The summed E-state index contributed by atoms with van der Waals surface area (Å²) in [6, 6.07) is 5.14. The highest BCUT2D eigenvalue weighted by atomic mass is 79.9. The minimum absolute atomic E-state index is 0.223. The van der Waals surface area contributed by atoms with Crippen molar-refractivity contribution in [2.24, 2.45) is 0 Å². The van der Waals surface area contributed by atoms with Crippen molar-refractivity contribution in [3.63, 3.8) is 0 Å². The lowest BCUT2D eigenvalue weighted by molar-refractivity contribution is 0.0692. The predicted octanol–water partition coefficient (Wildman–Crippen LogP) is 3.46. The number of carboxylic acid groups (broad SMARTS) is 1. The molecule has 0 atom stereocenters. The Kier molecular flexibility index (Phi) is 5.32. The van der Waals surface area contributed by atoms with Crippen LogP contribution in [0.1, 0.15) is 35.7 Å². The van der Waals surface area contributed by atoms with Gasteiger partial charge in [0.1, 0.15) is 11.3 Å². The molecule has 1 aromatic rings. The number of alkyl halides is 1. The molecular weight excluding hydrogens is 272 g/mol. The highest BCUT2D eigenvalue weighted by Gasteiger charge is 2.11. The summed E-state index contributed by atoms with van der Waals surface area (Å²) in [5.74, 6) is -0.495. The molecule has 0 heterocycles. The molecule has 0 aliphatic heterocycles. The predicted molar refractivity (Wildman–Crippen MR) is 66.4 cm³/mol. The molecule has 1 N–H and O–H groups in total. The van der Waals surface area contributed by atoms with Gasteiger partial charge in [0.05, 0.1) is 6.61 Å². The van der Waals surface area contributed by atoms with Gasteiger partial charge in [0.15, 0.2) is 0 Å². The maximum absolute atomic E-state index is 11.0. The Morgan fingerprint density at radius 3 is 2.81 bits per heavy atom. The van der Waals surface area contributed by atoms with E-state index in [1.54, 1.807) is 18.2 Å². The van der Waals surface area contributed by atoms with Gasteiger partial charge in [-0.3, -0.25) is 0 Å². The summed E-state index contributed by atoms with van der Waals surface area (Å²) in [5.41, 5.74) is 1.23. The summed E-state index contributed by atoms with van der Waals surface area (Å²) in [6.07, 6.45) is 1.96. The molecular formula is C12H15BrO3. The zero-order valence-electron chi connectivity index (χ0n) is 9.20. The third kappa shape index (κ3) is 3.52. The first kappa shape index (κ1) is 13.0. The standard InChI is InChI=1S/C12H15BrO3/c1-2-3-6-16-11-7-9(8-13)4-5-10(11)12(14)15/h4-5,7H,2-3,6,8H2,1H3,(H,14,15). The number of hydrogen-bond donors (Lipinski definition) is 1. The largest absolute Gasteiger partial charge is 0.493 e. The molecule has 3 nitrogen and oxygen atoms in total. The van der Waals surface area contributed by atoms with E-state index in [0.717, 1.165) is 18.4 Å². The number of aromatic carboxylic acids is 1. The first-order chi connectivity index (χ1) is 7.69. The number of benzene rings is 1. The van der Waals surface area contributed by atoms with Gasteiger partial charge in [0, 0.05) is 5.33 Å². The molecule has 0 bridgehead atoms. The summed E-state index contributed by atoms with van der Waals surface area (Å²) in [7, 11) is 0. The van der Waals surface area contributed by atoms with E-state index < -0.39 is 5.97 Å². The Labute approximate surface area is 104 Å². The SMILES string of the molecule is CCCCOc1cc(CBr)ccc1C(=O)O. The molecule has 0 unspecified atom stereocenters. The first-order valence-electron chi connectivity index (χ1n) is 5.24. The van der Waals surface area contributed by atoms with E-state index in [9.17, 15) is 4.79 Å². The highest BCUT2D eigenvalue weighted by molar-refractivity contribution is 9.08. The smallest absolute Gasteiger partial charge is 0.339 e. The molecule has 16 heavy (non-hydrogen) atoms. The van der Waals surface area contributed by atoms with Crippen molar-refractivity contribution in [1.82, 2.24) is 0 Å². The van der Waals surface area contributed by atoms with Gasteiger partial charge in [-0.05, 0) is 24.1 Å². The van der Waals surface area contributed by atoms with Crippen LogP contribution in [0.15, 0.2) is 18.2 Å². The van der Waals surface area contributed by atoms with Gasteiger partial charge in [0.25, 0.3) is 0 Å². The second-order valence-corrected chi connectivity index (χ2v) is 4.03. The number of carboxylic acids is 1. The Bertz CT molecular complexity index is 363. The molecule has 0 aliphatic rings. The van der Waals surface area contributed by atoms with Crippen molar-refractivity contribution in [3.05, 3.63) is 29.3 Å². The molecule has 1 aromatic carbocycles. The van der Waals surface area contributed by atoms with Crippen molar-refractivity contribution < 1.29 is 14.6 Å². The van der Waals surface area contributed by atoms with E-state index in [1.165, 1.54) is 0 Å². The molecule has 0 aromatic heterocycles. The monoisotopic (exact) mass is 286 g/mol. The Morgan fingerprint density at radius 2 is 2.25 bits per heavy atom. The lowest BCUT2D eigenvalue weighted by Crippen LogP contribution is -2.04. The van der Waals surface area contributed by atoms with Crippen LogP contribution in [0.25, 0.3) is 0 Å². The molecule has 4 heteroatoms. The molecule has 0 radical (unpaired) electrons. The topological polar surface area (TPSA) is 46.5 Å². The van der Waals surface area contributed by atoms with Crippen LogP contribution in [0.2, 0.25) is 0 Å². The lowest BCUT2D eigenvalue weighted by Gasteiger charge is -2.09. The first-order valence-corrected chi connectivity index (χ1v) is 6.36. The lowest BCUT2D eigenvalue weighted by atomic mass is 10.1. The summed E-state index contributed by atoms with van der Waals surface area (Å²) in [4.78, 5) is 11.0. The number of unbranched alkanes of at least 4 members (excludes halogenated alkanes) is 1. The third-order valence-corrected chi connectivity index (χ3v) is 2.83. The summed E-state index contributed by atoms with van der Waals surface area (Å²) in [6.45, 7) is 2.62. The van der Waals surface area contributed by atoms with Gasteiger partial charge in [-0.15, -0.1) is 0 Å². The highest BCUT2D eigenvalue weighted by Crippen LogP contribution is 2.22. The average Bonchev–Trinajstić information content (AvgIpc) is 2.29. The molecule has 0 fully saturated rings. The maximum atomic E-state index is 11.0. The fraction of sp³-hybridized carbons (Fsp3) is 0.417. The fourth-order valence-corrected chi connectivity index (χ4v) is 1.62.